The molecule has 2 atom stereocenters. The monoisotopic (exact) mass is 473 g/mol. The van der Waals surface area contributed by atoms with Gasteiger partial charge in [-0.25, -0.2) is 8.42 Å². The number of rotatable bonds is 8. The van der Waals surface area contributed by atoms with Gasteiger partial charge in [-0.05, 0) is 67.8 Å². The Kier molecular flexibility index (Phi) is 7.06. The van der Waals surface area contributed by atoms with E-state index in [1.807, 2.05) is 12.1 Å². The molecule has 0 radical (unpaired) electrons. The van der Waals surface area contributed by atoms with Crippen molar-refractivity contribution in [2.24, 2.45) is 5.92 Å². The highest BCUT2D eigenvalue weighted by molar-refractivity contribution is 7.92. The van der Waals surface area contributed by atoms with Crippen molar-refractivity contribution in [3.8, 4) is 11.8 Å². The Morgan fingerprint density at radius 1 is 1.22 bits per heavy atom. The largest absolute Gasteiger partial charge is 0.493 e. The molecule has 2 saturated heterocycles. The predicted molar refractivity (Wildman–Crippen MR) is 125 cm³/mol. The van der Waals surface area contributed by atoms with Crippen LogP contribution >= 0.6 is 11.6 Å². The lowest BCUT2D eigenvalue weighted by Crippen LogP contribution is -2.51. The first-order chi connectivity index (χ1) is 15.3. The molecule has 170 valence electrons. The van der Waals surface area contributed by atoms with Crippen LogP contribution in [0.3, 0.4) is 0 Å². The number of ether oxygens (including phenoxy) is 1. The lowest BCUT2D eigenvalue weighted by molar-refractivity contribution is 0.234. The summed E-state index contributed by atoms with van der Waals surface area (Å²) in [7, 11) is -3.25. The van der Waals surface area contributed by atoms with E-state index >= 15 is 0 Å². The Bertz CT molecular complexity index is 1090. The topological polar surface area (TPSA) is 82.4 Å². The minimum absolute atomic E-state index is 0.321. The van der Waals surface area contributed by atoms with Crippen LogP contribution in [0.25, 0.3) is 0 Å². The molecule has 2 fully saturated rings. The van der Waals surface area contributed by atoms with Crippen LogP contribution in [-0.2, 0) is 16.3 Å². The van der Waals surface area contributed by atoms with Gasteiger partial charge < -0.3 is 10.1 Å². The number of nitrogens with one attached hydrogen (secondary N) is 1. The number of likely N-dealkylation sites (tertiary alicyclic amines) is 1. The second-order valence-electron chi connectivity index (χ2n) is 8.76. The van der Waals surface area contributed by atoms with Crippen molar-refractivity contribution in [1.82, 2.24) is 10.2 Å². The maximum absolute atomic E-state index is 12.5. The molecule has 2 heterocycles. The summed E-state index contributed by atoms with van der Waals surface area (Å²) in [6.07, 6.45) is 1.90. The summed E-state index contributed by atoms with van der Waals surface area (Å²) in [5.41, 5.74) is 1.67. The molecule has 1 N–H and O–H groups in total. The third kappa shape index (κ3) is 5.26. The van der Waals surface area contributed by atoms with Gasteiger partial charge in [0.2, 0.25) is 0 Å². The highest BCUT2D eigenvalue weighted by atomic mass is 35.5. The summed E-state index contributed by atoms with van der Waals surface area (Å²) in [5, 5.41) is 12.4. The summed E-state index contributed by atoms with van der Waals surface area (Å²) >= 11 is 6.12. The molecule has 0 amide bonds. The number of benzene rings is 2. The molecule has 0 saturated carbocycles. The SMILES string of the molecule is CC1CC(COc2ccc(S(=O)(=O)C3CNC3)cc2)CN1CCc1cc(Cl)cc(C#N)c1. The summed E-state index contributed by atoms with van der Waals surface area (Å²) in [6, 6.07) is 14.9. The van der Waals surface area contributed by atoms with Crippen LogP contribution in [0.2, 0.25) is 5.02 Å². The molecule has 2 unspecified atom stereocenters. The number of nitrogens with zero attached hydrogens (tertiary/aromatic N) is 2. The highest BCUT2D eigenvalue weighted by Crippen LogP contribution is 2.26. The van der Waals surface area contributed by atoms with E-state index in [0.29, 0.717) is 52.9 Å². The van der Waals surface area contributed by atoms with Gasteiger partial charge in [0.05, 0.1) is 28.4 Å². The van der Waals surface area contributed by atoms with E-state index in [-0.39, 0.29) is 5.25 Å². The molecule has 2 aromatic carbocycles. The number of hydrogen-bond acceptors (Lipinski definition) is 6. The number of nitriles is 1. The van der Waals surface area contributed by atoms with Crippen molar-refractivity contribution in [2.45, 2.75) is 36.0 Å². The normalized spacial score (nSPS) is 21.8. The molecular formula is C24H28ClN3O3S. The maximum Gasteiger partial charge on any atom is 0.183 e. The third-order valence-corrected chi connectivity index (χ3v) is 8.74. The Morgan fingerprint density at radius 3 is 2.62 bits per heavy atom. The van der Waals surface area contributed by atoms with Crippen LogP contribution in [-0.4, -0.2) is 57.4 Å². The van der Waals surface area contributed by atoms with E-state index in [9.17, 15) is 8.42 Å². The highest BCUT2D eigenvalue weighted by Gasteiger charge is 2.32. The van der Waals surface area contributed by atoms with Crippen LogP contribution < -0.4 is 10.1 Å². The van der Waals surface area contributed by atoms with Crippen molar-refractivity contribution in [3.05, 3.63) is 58.6 Å². The molecule has 2 aromatic rings. The number of halogens is 1. The van der Waals surface area contributed by atoms with Crippen molar-refractivity contribution >= 4 is 21.4 Å². The average Bonchev–Trinajstić information content (AvgIpc) is 3.08. The molecule has 0 aromatic heterocycles. The lowest BCUT2D eigenvalue weighted by Gasteiger charge is -2.26. The smallest absolute Gasteiger partial charge is 0.183 e. The zero-order valence-corrected chi connectivity index (χ0v) is 19.7. The second kappa shape index (κ2) is 9.80. The maximum atomic E-state index is 12.5. The second-order valence-corrected chi connectivity index (χ2v) is 11.4. The van der Waals surface area contributed by atoms with Crippen LogP contribution in [0.5, 0.6) is 5.75 Å². The van der Waals surface area contributed by atoms with E-state index in [4.69, 9.17) is 21.6 Å². The fourth-order valence-electron chi connectivity index (χ4n) is 4.40. The van der Waals surface area contributed by atoms with Crippen molar-refractivity contribution in [2.75, 3.05) is 32.8 Å². The van der Waals surface area contributed by atoms with E-state index < -0.39 is 9.84 Å². The van der Waals surface area contributed by atoms with E-state index in [0.717, 1.165) is 31.5 Å². The molecule has 32 heavy (non-hydrogen) atoms. The molecule has 0 aliphatic carbocycles. The fraction of sp³-hybridized carbons (Fsp3) is 0.458. The van der Waals surface area contributed by atoms with Gasteiger partial charge in [-0.1, -0.05) is 11.6 Å². The van der Waals surface area contributed by atoms with Gasteiger partial charge in [-0.2, -0.15) is 5.26 Å². The van der Waals surface area contributed by atoms with Gasteiger partial charge in [-0.3, -0.25) is 4.90 Å². The van der Waals surface area contributed by atoms with Crippen molar-refractivity contribution in [3.63, 3.8) is 0 Å². The van der Waals surface area contributed by atoms with Crippen molar-refractivity contribution < 1.29 is 13.2 Å². The first kappa shape index (κ1) is 23.1. The standard InChI is InChI=1S/C24H28ClN3O3S/c1-17-8-20(15-28(17)7-6-18-9-19(12-26)11-21(25)10-18)16-31-22-2-4-23(5-3-22)32(29,30)24-13-27-14-24/h2-5,9-11,17,20,24,27H,6-8,13-16H2,1H3. The van der Waals surface area contributed by atoms with Gasteiger partial charge in [0.15, 0.2) is 9.84 Å². The molecular weight excluding hydrogens is 446 g/mol. The van der Waals surface area contributed by atoms with Crippen LogP contribution in [0.4, 0.5) is 0 Å². The molecule has 2 aliphatic rings. The summed E-state index contributed by atoms with van der Waals surface area (Å²) in [5.74, 6) is 1.12. The minimum Gasteiger partial charge on any atom is -0.493 e. The molecule has 8 heteroatoms. The predicted octanol–water partition coefficient (Wildman–Crippen LogP) is 3.29. The van der Waals surface area contributed by atoms with Gasteiger partial charge in [0.1, 0.15) is 5.75 Å². The Labute approximate surface area is 195 Å². The lowest BCUT2D eigenvalue weighted by atomic mass is 10.1. The molecule has 0 spiro atoms. The van der Waals surface area contributed by atoms with Gasteiger partial charge in [0, 0.05) is 43.2 Å². The Hall–Kier alpha value is -2.11. The van der Waals surface area contributed by atoms with E-state index in [1.165, 1.54) is 0 Å². The van der Waals surface area contributed by atoms with Gasteiger partial charge in [0.25, 0.3) is 0 Å². The summed E-state index contributed by atoms with van der Waals surface area (Å²) in [4.78, 5) is 2.81. The summed E-state index contributed by atoms with van der Waals surface area (Å²) < 4.78 is 30.9. The van der Waals surface area contributed by atoms with Crippen LogP contribution in [0.15, 0.2) is 47.4 Å². The summed E-state index contributed by atoms with van der Waals surface area (Å²) in [6.45, 7) is 5.74. The molecule has 6 nitrogen and oxygen atoms in total. The zero-order chi connectivity index (χ0) is 22.7. The van der Waals surface area contributed by atoms with Gasteiger partial charge >= 0.3 is 0 Å². The Balaban J connectivity index is 1.27. The minimum atomic E-state index is -3.25. The van der Waals surface area contributed by atoms with E-state index in [2.05, 4.69) is 23.2 Å². The Morgan fingerprint density at radius 2 is 1.97 bits per heavy atom. The number of sulfone groups is 1. The van der Waals surface area contributed by atoms with E-state index in [1.54, 1.807) is 30.3 Å². The quantitative estimate of drug-likeness (QED) is 0.633. The molecule has 4 rings (SSSR count). The van der Waals surface area contributed by atoms with Crippen molar-refractivity contribution in [1.29, 1.82) is 5.26 Å². The zero-order valence-electron chi connectivity index (χ0n) is 18.1. The van der Waals surface area contributed by atoms with Crippen LogP contribution in [0.1, 0.15) is 24.5 Å². The van der Waals surface area contributed by atoms with Gasteiger partial charge in [-0.15, -0.1) is 0 Å². The number of hydrogen-bond donors (Lipinski definition) is 1. The first-order valence-electron chi connectivity index (χ1n) is 11.0. The fourth-order valence-corrected chi connectivity index (χ4v) is 6.23. The average molecular weight is 474 g/mol. The molecule has 2 aliphatic heterocycles. The molecule has 0 bridgehead atoms. The van der Waals surface area contributed by atoms with Crippen LogP contribution in [0, 0.1) is 17.2 Å². The first-order valence-corrected chi connectivity index (χ1v) is 12.9. The third-order valence-electron chi connectivity index (χ3n) is 6.39.